The molecule has 0 spiro atoms. The highest BCUT2D eigenvalue weighted by molar-refractivity contribution is 6.29. The average molecular weight is 257 g/mol. The highest BCUT2D eigenvalue weighted by Crippen LogP contribution is 2.24. The van der Waals surface area contributed by atoms with Crippen LogP contribution in [0.25, 0.3) is 0 Å². The molecule has 5 heteroatoms. The van der Waals surface area contributed by atoms with Crippen molar-refractivity contribution in [3.8, 4) is 5.88 Å². The van der Waals surface area contributed by atoms with E-state index >= 15 is 0 Å². The Morgan fingerprint density at radius 3 is 2.82 bits per heavy atom. The molecule has 94 valence electrons. The molecule has 1 heterocycles. The van der Waals surface area contributed by atoms with E-state index in [1.807, 2.05) is 6.92 Å². The zero-order valence-electron chi connectivity index (χ0n) is 9.99. The van der Waals surface area contributed by atoms with Crippen molar-refractivity contribution < 1.29 is 9.47 Å². The van der Waals surface area contributed by atoms with E-state index in [2.05, 4.69) is 9.97 Å². The lowest BCUT2D eigenvalue weighted by Gasteiger charge is -2.12. The summed E-state index contributed by atoms with van der Waals surface area (Å²) in [7, 11) is 0. The van der Waals surface area contributed by atoms with Crippen LogP contribution in [0, 0.1) is 0 Å². The van der Waals surface area contributed by atoms with Gasteiger partial charge in [0.05, 0.1) is 0 Å². The Morgan fingerprint density at radius 2 is 2.12 bits per heavy atom. The second-order valence-corrected chi connectivity index (χ2v) is 4.49. The van der Waals surface area contributed by atoms with Gasteiger partial charge in [-0.1, -0.05) is 11.6 Å². The number of hydrogen-bond donors (Lipinski definition) is 0. The first-order chi connectivity index (χ1) is 8.28. The summed E-state index contributed by atoms with van der Waals surface area (Å²) in [5.74, 6) is 1.14. The topological polar surface area (TPSA) is 44.2 Å². The maximum absolute atomic E-state index is 5.93. The molecule has 1 aliphatic rings. The molecule has 1 fully saturated rings. The third-order valence-electron chi connectivity index (χ3n) is 2.74. The fourth-order valence-electron chi connectivity index (χ4n) is 1.94. The number of hydrogen-bond acceptors (Lipinski definition) is 4. The monoisotopic (exact) mass is 256 g/mol. The minimum atomic E-state index is 0.279. The van der Waals surface area contributed by atoms with Crippen molar-refractivity contribution in [1.82, 2.24) is 9.97 Å². The number of rotatable bonds is 5. The summed E-state index contributed by atoms with van der Waals surface area (Å²) < 4.78 is 11.0. The van der Waals surface area contributed by atoms with Gasteiger partial charge in [0.1, 0.15) is 17.9 Å². The molecule has 0 N–H and O–H groups in total. The summed E-state index contributed by atoms with van der Waals surface area (Å²) >= 11 is 5.93. The van der Waals surface area contributed by atoms with E-state index in [0.29, 0.717) is 30.1 Å². The summed E-state index contributed by atoms with van der Waals surface area (Å²) in [4.78, 5) is 8.39. The Bertz CT molecular complexity index is 368. The molecule has 1 aromatic rings. The van der Waals surface area contributed by atoms with Gasteiger partial charge in [0, 0.05) is 12.7 Å². The molecule has 0 aliphatic heterocycles. The van der Waals surface area contributed by atoms with Gasteiger partial charge < -0.3 is 9.47 Å². The molecule has 0 atom stereocenters. The molecule has 0 aromatic carbocycles. The molecular formula is C12H17ClN2O2. The molecule has 0 saturated heterocycles. The van der Waals surface area contributed by atoms with E-state index in [9.17, 15) is 0 Å². The molecule has 2 rings (SSSR count). The van der Waals surface area contributed by atoms with Crippen molar-refractivity contribution in [2.45, 2.75) is 45.3 Å². The van der Waals surface area contributed by atoms with Crippen LogP contribution in [-0.2, 0) is 11.3 Å². The van der Waals surface area contributed by atoms with E-state index in [4.69, 9.17) is 21.1 Å². The fourth-order valence-corrected chi connectivity index (χ4v) is 2.13. The van der Waals surface area contributed by atoms with E-state index < -0.39 is 0 Å². The Hall–Kier alpha value is -0.870. The Labute approximate surface area is 106 Å². The second-order valence-electron chi connectivity index (χ2n) is 4.11. The SMILES string of the molecule is CCOCc1nc(Cl)cc(OC2CCCC2)n1. The first-order valence-electron chi connectivity index (χ1n) is 6.06. The van der Waals surface area contributed by atoms with Crippen LogP contribution >= 0.6 is 11.6 Å². The van der Waals surface area contributed by atoms with Crippen molar-refractivity contribution in [2.75, 3.05) is 6.61 Å². The number of nitrogens with zero attached hydrogens (tertiary/aromatic N) is 2. The van der Waals surface area contributed by atoms with Gasteiger partial charge in [-0.3, -0.25) is 0 Å². The van der Waals surface area contributed by atoms with Gasteiger partial charge in [0.15, 0.2) is 5.82 Å². The van der Waals surface area contributed by atoms with Crippen LogP contribution in [0.1, 0.15) is 38.4 Å². The predicted octanol–water partition coefficient (Wildman–Crippen LogP) is 2.99. The highest BCUT2D eigenvalue weighted by atomic mass is 35.5. The lowest BCUT2D eigenvalue weighted by atomic mass is 10.3. The van der Waals surface area contributed by atoms with Crippen LogP contribution < -0.4 is 4.74 Å². The number of ether oxygens (including phenoxy) is 2. The fraction of sp³-hybridized carbons (Fsp3) is 0.667. The van der Waals surface area contributed by atoms with Crippen LogP contribution in [0.3, 0.4) is 0 Å². The van der Waals surface area contributed by atoms with E-state index in [1.165, 1.54) is 12.8 Å². The van der Waals surface area contributed by atoms with Crippen molar-refractivity contribution in [1.29, 1.82) is 0 Å². The predicted molar refractivity (Wildman–Crippen MR) is 65.3 cm³/mol. The summed E-state index contributed by atoms with van der Waals surface area (Å²) in [6.45, 7) is 2.94. The zero-order chi connectivity index (χ0) is 12.1. The Kier molecular flexibility index (Phi) is 4.57. The maximum Gasteiger partial charge on any atom is 0.218 e. The standard InChI is InChI=1S/C12H17ClN2O2/c1-2-16-8-11-14-10(13)7-12(15-11)17-9-5-3-4-6-9/h7,9H,2-6,8H2,1H3. The van der Waals surface area contributed by atoms with Gasteiger partial charge in [-0.05, 0) is 32.6 Å². The van der Waals surface area contributed by atoms with E-state index in [0.717, 1.165) is 12.8 Å². The van der Waals surface area contributed by atoms with Crippen molar-refractivity contribution in [3.63, 3.8) is 0 Å². The highest BCUT2D eigenvalue weighted by Gasteiger charge is 2.17. The third kappa shape index (κ3) is 3.82. The average Bonchev–Trinajstić information content (AvgIpc) is 2.78. The van der Waals surface area contributed by atoms with Crippen LogP contribution in [0.15, 0.2) is 6.07 Å². The van der Waals surface area contributed by atoms with Gasteiger partial charge in [-0.25, -0.2) is 4.98 Å². The molecule has 1 aliphatic carbocycles. The van der Waals surface area contributed by atoms with Gasteiger partial charge in [-0.2, -0.15) is 4.98 Å². The summed E-state index contributed by atoms with van der Waals surface area (Å²) in [5.41, 5.74) is 0. The maximum atomic E-state index is 5.93. The molecule has 0 radical (unpaired) electrons. The Balaban J connectivity index is 2.02. The second kappa shape index (κ2) is 6.17. The molecule has 0 unspecified atom stereocenters. The number of halogens is 1. The van der Waals surface area contributed by atoms with Gasteiger partial charge in [0.25, 0.3) is 0 Å². The molecule has 0 bridgehead atoms. The summed E-state index contributed by atoms with van der Waals surface area (Å²) in [6, 6.07) is 1.66. The van der Waals surface area contributed by atoms with Crippen LogP contribution in [0.4, 0.5) is 0 Å². The minimum Gasteiger partial charge on any atom is -0.474 e. The molecule has 4 nitrogen and oxygen atoms in total. The number of aromatic nitrogens is 2. The van der Waals surface area contributed by atoms with Crippen LogP contribution in [-0.4, -0.2) is 22.7 Å². The third-order valence-corrected chi connectivity index (χ3v) is 2.94. The van der Waals surface area contributed by atoms with Gasteiger partial charge >= 0.3 is 0 Å². The van der Waals surface area contributed by atoms with Crippen molar-refractivity contribution >= 4 is 11.6 Å². The minimum absolute atomic E-state index is 0.279. The first-order valence-corrected chi connectivity index (χ1v) is 6.43. The largest absolute Gasteiger partial charge is 0.474 e. The van der Waals surface area contributed by atoms with Crippen LogP contribution in [0.5, 0.6) is 5.88 Å². The smallest absolute Gasteiger partial charge is 0.218 e. The quantitative estimate of drug-likeness (QED) is 0.760. The van der Waals surface area contributed by atoms with E-state index in [-0.39, 0.29) is 6.10 Å². The molecule has 17 heavy (non-hydrogen) atoms. The van der Waals surface area contributed by atoms with Crippen molar-refractivity contribution in [2.24, 2.45) is 0 Å². The van der Waals surface area contributed by atoms with E-state index in [1.54, 1.807) is 6.07 Å². The summed E-state index contributed by atoms with van der Waals surface area (Å²) in [5, 5.41) is 0.405. The first kappa shape index (κ1) is 12.6. The zero-order valence-corrected chi connectivity index (χ0v) is 10.7. The van der Waals surface area contributed by atoms with Gasteiger partial charge in [-0.15, -0.1) is 0 Å². The van der Waals surface area contributed by atoms with Crippen LogP contribution in [0.2, 0.25) is 5.15 Å². The van der Waals surface area contributed by atoms with Gasteiger partial charge in [0.2, 0.25) is 5.88 Å². The Morgan fingerprint density at radius 1 is 1.35 bits per heavy atom. The summed E-state index contributed by atoms with van der Waals surface area (Å²) in [6.07, 6.45) is 4.94. The molecular weight excluding hydrogens is 240 g/mol. The lowest BCUT2D eigenvalue weighted by molar-refractivity contribution is 0.126. The lowest BCUT2D eigenvalue weighted by Crippen LogP contribution is -2.13. The molecule has 0 amide bonds. The molecule has 1 saturated carbocycles. The normalized spacial score (nSPS) is 16.4. The molecule has 1 aromatic heterocycles. The van der Waals surface area contributed by atoms with Crippen molar-refractivity contribution in [3.05, 3.63) is 17.0 Å².